The highest BCUT2D eigenvalue weighted by molar-refractivity contribution is 5.97. The van der Waals surface area contributed by atoms with Crippen LogP contribution in [0.2, 0.25) is 0 Å². The van der Waals surface area contributed by atoms with E-state index in [2.05, 4.69) is 10.6 Å². The first-order chi connectivity index (χ1) is 11.6. The van der Waals surface area contributed by atoms with E-state index in [9.17, 15) is 14.0 Å². The highest BCUT2D eigenvalue weighted by atomic mass is 19.1. The Bertz CT molecular complexity index is 636. The van der Waals surface area contributed by atoms with Crippen LogP contribution in [0.3, 0.4) is 0 Å². The molecule has 130 valence electrons. The molecule has 0 aromatic heterocycles. The van der Waals surface area contributed by atoms with Crippen LogP contribution in [0.15, 0.2) is 18.2 Å². The SMILES string of the molecule is NC[C@H](NC1CC1)C(=O)Nc1ccc(N2CCOCC2=O)c(F)c1. The van der Waals surface area contributed by atoms with E-state index in [1.54, 1.807) is 6.07 Å². The van der Waals surface area contributed by atoms with Crippen LogP contribution < -0.4 is 21.3 Å². The van der Waals surface area contributed by atoms with E-state index in [-0.39, 0.29) is 30.7 Å². The van der Waals surface area contributed by atoms with Crippen LogP contribution in [0.1, 0.15) is 12.8 Å². The molecule has 0 radical (unpaired) electrons. The van der Waals surface area contributed by atoms with Gasteiger partial charge in [0.25, 0.3) is 5.91 Å². The fourth-order valence-corrected chi connectivity index (χ4v) is 2.59. The fraction of sp³-hybridized carbons (Fsp3) is 0.500. The van der Waals surface area contributed by atoms with Gasteiger partial charge in [-0.3, -0.25) is 9.59 Å². The highest BCUT2D eigenvalue weighted by Gasteiger charge is 2.28. The van der Waals surface area contributed by atoms with E-state index in [0.717, 1.165) is 12.8 Å². The first-order valence-corrected chi connectivity index (χ1v) is 8.03. The number of nitrogens with zero attached hydrogens (tertiary/aromatic N) is 1. The zero-order valence-corrected chi connectivity index (χ0v) is 13.3. The Morgan fingerprint density at radius 1 is 1.46 bits per heavy atom. The van der Waals surface area contributed by atoms with Crippen LogP contribution in [-0.4, -0.2) is 50.2 Å². The van der Waals surface area contributed by atoms with Gasteiger partial charge >= 0.3 is 0 Å². The third kappa shape index (κ3) is 3.89. The molecule has 1 aromatic rings. The second kappa shape index (κ2) is 7.25. The van der Waals surface area contributed by atoms with Crippen LogP contribution in [0.4, 0.5) is 15.8 Å². The van der Waals surface area contributed by atoms with Crippen LogP contribution in [0.5, 0.6) is 0 Å². The van der Waals surface area contributed by atoms with Gasteiger partial charge in [-0.2, -0.15) is 0 Å². The van der Waals surface area contributed by atoms with E-state index < -0.39 is 11.9 Å². The minimum Gasteiger partial charge on any atom is -0.370 e. The van der Waals surface area contributed by atoms with Gasteiger partial charge in [0, 0.05) is 24.8 Å². The van der Waals surface area contributed by atoms with Gasteiger partial charge in [0.2, 0.25) is 5.91 Å². The highest BCUT2D eigenvalue weighted by Crippen LogP contribution is 2.24. The number of amides is 2. The molecular formula is C16H21FN4O3. The standard InChI is InChI=1S/C16H21FN4O3/c17-12-7-11(20-16(23)13(8-18)19-10-1-2-10)3-4-14(12)21-5-6-24-9-15(21)22/h3-4,7,10,13,19H,1-2,5-6,8-9,18H2,(H,20,23)/t13-/m0/s1. The molecule has 24 heavy (non-hydrogen) atoms. The monoisotopic (exact) mass is 336 g/mol. The van der Waals surface area contributed by atoms with Gasteiger partial charge in [0.05, 0.1) is 18.3 Å². The molecule has 2 aliphatic rings. The third-order valence-corrected chi connectivity index (χ3v) is 4.06. The molecule has 0 unspecified atom stereocenters. The van der Waals surface area contributed by atoms with E-state index in [0.29, 0.717) is 24.9 Å². The molecule has 1 atom stereocenters. The number of hydrogen-bond donors (Lipinski definition) is 3. The number of carbonyl (C=O) groups excluding carboxylic acids is 2. The van der Waals surface area contributed by atoms with E-state index >= 15 is 0 Å². The topological polar surface area (TPSA) is 96.7 Å². The van der Waals surface area contributed by atoms with Crippen molar-refractivity contribution in [3.05, 3.63) is 24.0 Å². The fourth-order valence-electron chi connectivity index (χ4n) is 2.59. The summed E-state index contributed by atoms with van der Waals surface area (Å²) in [5, 5.41) is 5.81. The first kappa shape index (κ1) is 16.8. The summed E-state index contributed by atoms with van der Waals surface area (Å²) in [4.78, 5) is 25.3. The summed E-state index contributed by atoms with van der Waals surface area (Å²) in [5.41, 5.74) is 6.14. The lowest BCUT2D eigenvalue weighted by molar-refractivity contribution is -0.125. The summed E-state index contributed by atoms with van der Waals surface area (Å²) in [6.45, 7) is 0.796. The molecule has 1 heterocycles. The van der Waals surface area contributed by atoms with Gasteiger partial charge in [-0.15, -0.1) is 0 Å². The minimum absolute atomic E-state index is 0.0526. The molecule has 2 fully saturated rings. The van der Waals surface area contributed by atoms with Gasteiger partial charge in [0.15, 0.2) is 0 Å². The van der Waals surface area contributed by atoms with Crippen LogP contribution >= 0.6 is 0 Å². The number of halogens is 1. The maximum Gasteiger partial charge on any atom is 0.253 e. The third-order valence-electron chi connectivity index (χ3n) is 4.06. The van der Waals surface area contributed by atoms with Crippen molar-refractivity contribution in [1.29, 1.82) is 0 Å². The predicted molar refractivity (Wildman–Crippen MR) is 87.2 cm³/mol. The van der Waals surface area contributed by atoms with Crippen molar-refractivity contribution in [2.45, 2.75) is 24.9 Å². The van der Waals surface area contributed by atoms with Crippen LogP contribution in [0.25, 0.3) is 0 Å². The summed E-state index contributed by atoms with van der Waals surface area (Å²) in [5.74, 6) is -1.14. The van der Waals surface area contributed by atoms with Gasteiger partial charge in [0.1, 0.15) is 12.4 Å². The summed E-state index contributed by atoms with van der Waals surface area (Å²) < 4.78 is 19.4. The number of anilines is 2. The van der Waals surface area contributed by atoms with Gasteiger partial charge in [-0.05, 0) is 31.0 Å². The lowest BCUT2D eigenvalue weighted by Crippen LogP contribution is -2.46. The Morgan fingerprint density at radius 2 is 2.25 bits per heavy atom. The number of nitrogens with one attached hydrogen (secondary N) is 2. The van der Waals surface area contributed by atoms with E-state index in [1.807, 2.05) is 0 Å². The molecular weight excluding hydrogens is 315 g/mol. The number of carbonyl (C=O) groups is 2. The van der Waals surface area contributed by atoms with Crippen molar-refractivity contribution < 1.29 is 18.7 Å². The second-order valence-corrected chi connectivity index (χ2v) is 5.98. The van der Waals surface area contributed by atoms with Crippen molar-refractivity contribution >= 4 is 23.2 Å². The number of hydrogen-bond acceptors (Lipinski definition) is 5. The number of morpholine rings is 1. The quantitative estimate of drug-likeness (QED) is 0.690. The lowest BCUT2D eigenvalue weighted by Gasteiger charge is -2.27. The average molecular weight is 336 g/mol. The zero-order chi connectivity index (χ0) is 17.1. The van der Waals surface area contributed by atoms with E-state index in [1.165, 1.54) is 17.0 Å². The number of ether oxygens (including phenoxy) is 1. The van der Waals surface area contributed by atoms with Crippen molar-refractivity contribution in [3.63, 3.8) is 0 Å². The summed E-state index contributed by atoms with van der Waals surface area (Å²) in [6, 6.07) is 4.11. The van der Waals surface area contributed by atoms with Crippen LogP contribution in [0, 0.1) is 5.82 Å². The van der Waals surface area contributed by atoms with Crippen LogP contribution in [-0.2, 0) is 14.3 Å². The molecule has 1 saturated heterocycles. The summed E-state index contributed by atoms with van der Waals surface area (Å²) in [6.07, 6.45) is 2.08. The molecule has 1 saturated carbocycles. The molecule has 0 spiro atoms. The predicted octanol–water partition coefficient (Wildman–Crippen LogP) is 0.207. The van der Waals surface area contributed by atoms with E-state index in [4.69, 9.17) is 10.5 Å². The Morgan fingerprint density at radius 3 is 2.88 bits per heavy atom. The molecule has 8 heteroatoms. The van der Waals surface area contributed by atoms with Crippen molar-refractivity contribution in [2.75, 3.05) is 36.5 Å². The molecule has 7 nitrogen and oxygen atoms in total. The minimum atomic E-state index is -0.567. The van der Waals surface area contributed by atoms with Gasteiger partial charge in [-0.1, -0.05) is 0 Å². The number of benzene rings is 1. The number of rotatable bonds is 6. The summed E-state index contributed by atoms with van der Waals surface area (Å²) in [7, 11) is 0. The maximum atomic E-state index is 14.3. The normalized spacial score (nSPS) is 19.2. The number of nitrogens with two attached hydrogens (primary N) is 1. The molecule has 0 bridgehead atoms. The zero-order valence-electron chi connectivity index (χ0n) is 13.3. The van der Waals surface area contributed by atoms with Gasteiger partial charge < -0.3 is 26.0 Å². The van der Waals surface area contributed by atoms with Crippen molar-refractivity contribution in [1.82, 2.24) is 5.32 Å². The summed E-state index contributed by atoms with van der Waals surface area (Å²) >= 11 is 0. The average Bonchev–Trinajstić information content (AvgIpc) is 3.38. The Labute approximate surface area is 139 Å². The molecule has 1 aliphatic carbocycles. The van der Waals surface area contributed by atoms with Gasteiger partial charge in [-0.25, -0.2) is 4.39 Å². The molecule has 2 amide bonds. The second-order valence-electron chi connectivity index (χ2n) is 5.98. The Hall–Kier alpha value is -2.03. The smallest absolute Gasteiger partial charge is 0.253 e. The molecule has 1 aromatic carbocycles. The van der Waals surface area contributed by atoms with Crippen molar-refractivity contribution in [3.8, 4) is 0 Å². The maximum absolute atomic E-state index is 14.3. The lowest BCUT2D eigenvalue weighted by atomic mass is 10.2. The molecule has 1 aliphatic heterocycles. The molecule has 3 rings (SSSR count). The Balaban J connectivity index is 1.67. The first-order valence-electron chi connectivity index (χ1n) is 8.03. The molecule has 4 N–H and O–H groups in total. The van der Waals surface area contributed by atoms with Crippen molar-refractivity contribution in [2.24, 2.45) is 5.73 Å². The Kier molecular flexibility index (Phi) is 5.08. The largest absolute Gasteiger partial charge is 0.370 e.